The van der Waals surface area contributed by atoms with Gasteiger partial charge in [0.25, 0.3) is 0 Å². The van der Waals surface area contributed by atoms with Gasteiger partial charge in [-0.2, -0.15) is 0 Å². The predicted octanol–water partition coefficient (Wildman–Crippen LogP) is 4.53. The summed E-state index contributed by atoms with van der Waals surface area (Å²) >= 11 is 0. The highest BCUT2D eigenvalue weighted by Gasteiger charge is 2.22. The number of nitrogens with zero attached hydrogens (tertiary/aromatic N) is 3. The van der Waals surface area contributed by atoms with Crippen LogP contribution < -0.4 is 0 Å². The number of benzene rings is 2. The highest BCUT2D eigenvalue weighted by atomic mass is 16.4. The Balaban J connectivity index is 1.38. The molecule has 3 aromatic rings. The van der Waals surface area contributed by atoms with Crippen LogP contribution in [0.1, 0.15) is 46.2 Å². The highest BCUT2D eigenvalue weighted by Crippen LogP contribution is 2.28. The van der Waals surface area contributed by atoms with Crippen molar-refractivity contribution in [1.82, 2.24) is 14.9 Å². The monoisotopic (exact) mass is 387 g/mol. The fourth-order valence-electron chi connectivity index (χ4n) is 4.06. The molecule has 1 N–H and O–H groups in total. The van der Waals surface area contributed by atoms with Crippen LogP contribution >= 0.6 is 0 Å². The number of aromatic nitrogens is 2. The van der Waals surface area contributed by atoms with Gasteiger partial charge in [-0.15, -0.1) is 0 Å². The summed E-state index contributed by atoms with van der Waals surface area (Å²) in [4.78, 5) is 22.7. The van der Waals surface area contributed by atoms with E-state index in [1.54, 1.807) is 12.1 Å². The Morgan fingerprint density at radius 2 is 1.79 bits per heavy atom. The molecule has 1 fully saturated rings. The molecule has 1 saturated heterocycles. The van der Waals surface area contributed by atoms with Crippen LogP contribution in [0.3, 0.4) is 0 Å². The molecule has 0 aliphatic carbocycles. The van der Waals surface area contributed by atoms with E-state index < -0.39 is 5.97 Å². The average molecular weight is 387 g/mol. The predicted molar refractivity (Wildman–Crippen MR) is 113 cm³/mol. The van der Waals surface area contributed by atoms with E-state index in [0.717, 1.165) is 49.4 Å². The summed E-state index contributed by atoms with van der Waals surface area (Å²) in [5.74, 6) is 0.462. The van der Waals surface area contributed by atoms with Gasteiger partial charge in [0.2, 0.25) is 0 Å². The van der Waals surface area contributed by atoms with Gasteiger partial charge in [0.15, 0.2) is 0 Å². The molecule has 2 aromatic carbocycles. The van der Waals surface area contributed by atoms with Crippen LogP contribution in [0, 0.1) is 6.92 Å². The molecule has 4 rings (SSSR count). The van der Waals surface area contributed by atoms with E-state index in [0.29, 0.717) is 11.5 Å². The molecule has 0 unspecified atom stereocenters. The summed E-state index contributed by atoms with van der Waals surface area (Å²) in [6, 6.07) is 17.4. The quantitative estimate of drug-likeness (QED) is 0.697. The standard InChI is InChI=1S/C24H25N3O2/c1-17-25-13-10-23(26-17)20-11-14-27(15-12-20)16-18-6-8-19(9-7-18)21-4-2-3-5-22(21)24(28)29/h2-10,13,20H,11-12,14-16H2,1H3,(H,28,29). The molecule has 0 saturated carbocycles. The fourth-order valence-corrected chi connectivity index (χ4v) is 4.06. The lowest BCUT2D eigenvalue weighted by atomic mass is 9.93. The molecule has 0 amide bonds. The maximum absolute atomic E-state index is 11.5. The lowest BCUT2D eigenvalue weighted by Gasteiger charge is -2.31. The summed E-state index contributed by atoms with van der Waals surface area (Å²) in [6.07, 6.45) is 4.08. The van der Waals surface area contributed by atoms with E-state index >= 15 is 0 Å². The lowest BCUT2D eigenvalue weighted by molar-refractivity contribution is 0.0697. The lowest BCUT2D eigenvalue weighted by Crippen LogP contribution is -2.32. The zero-order valence-corrected chi connectivity index (χ0v) is 16.6. The van der Waals surface area contributed by atoms with E-state index in [9.17, 15) is 9.90 Å². The smallest absolute Gasteiger partial charge is 0.336 e. The van der Waals surface area contributed by atoms with Crippen molar-refractivity contribution >= 4 is 5.97 Å². The number of aryl methyl sites for hydroxylation is 1. The summed E-state index contributed by atoms with van der Waals surface area (Å²) in [5, 5.41) is 9.40. The van der Waals surface area contributed by atoms with E-state index in [4.69, 9.17) is 0 Å². The number of likely N-dealkylation sites (tertiary alicyclic amines) is 1. The number of piperidine rings is 1. The molecule has 2 heterocycles. The maximum Gasteiger partial charge on any atom is 0.336 e. The molecule has 0 atom stereocenters. The number of aromatic carboxylic acids is 1. The topological polar surface area (TPSA) is 66.3 Å². The minimum Gasteiger partial charge on any atom is -0.478 e. The van der Waals surface area contributed by atoms with Crippen LogP contribution in [0.25, 0.3) is 11.1 Å². The third kappa shape index (κ3) is 4.51. The number of rotatable bonds is 5. The maximum atomic E-state index is 11.5. The van der Waals surface area contributed by atoms with Crippen molar-refractivity contribution in [2.45, 2.75) is 32.2 Å². The molecule has 1 aliphatic rings. The minimum atomic E-state index is -0.897. The van der Waals surface area contributed by atoms with Crippen LogP contribution in [0.5, 0.6) is 0 Å². The highest BCUT2D eigenvalue weighted by molar-refractivity contribution is 5.95. The Hall–Kier alpha value is -3.05. The van der Waals surface area contributed by atoms with Crippen LogP contribution in [0.4, 0.5) is 0 Å². The molecule has 5 heteroatoms. The zero-order valence-electron chi connectivity index (χ0n) is 16.6. The molecule has 0 radical (unpaired) electrons. The van der Waals surface area contributed by atoms with Crippen molar-refractivity contribution in [3.8, 4) is 11.1 Å². The van der Waals surface area contributed by atoms with E-state index in [-0.39, 0.29) is 0 Å². The largest absolute Gasteiger partial charge is 0.478 e. The molecule has 1 aliphatic heterocycles. The third-order valence-corrected chi connectivity index (χ3v) is 5.63. The molecule has 5 nitrogen and oxygen atoms in total. The second-order valence-corrected chi connectivity index (χ2v) is 7.63. The number of carboxylic acids is 1. The van der Waals surface area contributed by atoms with Crippen LogP contribution in [-0.4, -0.2) is 39.0 Å². The Bertz CT molecular complexity index is 993. The van der Waals surface area contributed by atoms with Crippen LogP contribution in [-0.2, 0) is 6.54 Å². The first-order valence-corrected chi connectivity index (χ1v) is 10.0. The molecule has 29 heavy (non-hydrogen) atoms. The van der Waals surface area contributed by atoms with E-state index in [1.807, 2.05) is 43.5 Å². The minimum absolute atomic E-state index is 0.335. The molecule has 1 aromatic heterocycles. The fraction of sp³-hybridized carbons (Fsp3) is 0.292. The normalized spacial score (nSPS) is 15.3. The van der Waals surface area contributed by atoms with E-state index in [2.05, 4.69) is 27.0 Å². The van der Waals surface area contributed by atoms with Gasteiger partial charge in [-0.25, -0.2) is 14.8 Å². The summed E-state index contributed by atoms with van der Waals surface area (Å²) in [5.41, 5.74) is 4.44. The van der Waals surface area contributed by atoms with Crippen molar-refractivity contribution in [2.75, 3.05) is 13.1 Å². The van der Waals surface area contributed by atoms with Gasteiger partial charge in [-0.3, -0.25) is 4.90 Å². The van der Waals surface area contributed by atoms with Crippen molar-refractivity contribution < 1.29 is 9.90 Å². The van der Waals surface area contributed by atoms with Crippen molar-refractivity contribution in [1.29, 1.82) is 0 Å². The molecule has 0 spiro atoms. The van der Waals surface area contributed by atoms with Gasteiger partial charge < -0.3 is 5.11 Å². The van der Waals surface area contributed by atoms with Gasteiger partial charge >= 0.3 is 5.97 Å². The summed E-state index contributed by atoms with van der Waals surface area (Å²) in [7, 11) is 0. The van der Waals surface area contributed by atoms with Crippen molar-refractivity contribution in [3.05, 3.63) is 83.4 Å². The first-order chi connectivity index (χ1) is 14.1. The Morgan fingerprint density at radius 3 is 2.48 bits per heavy atom. The average Bonchev–Trinajstić information content (AvgIpc) is 2.75. The molecular weight excluding hydrogens is 362 g/mol. The first-order valence-electron chi connectivity index (χ1n) is 10.0. The number of carboxylic acid groups (broad SMARTS) is 1. The van der Waals surface area contributed by atoms with Crippen molar-refractivity contribution in [3.63, 3.8) is 0 Å². The Labute approximate surface area is 171 Å². The Morgan fingerprint density at radius 1 is 1.07 bits per heavy atom. The summed E-state index contributed by atoms with van der Waals surface area (Å²) in [6.45, 7) is 4.96. The van der Waals surface area contributed by atoms with Crippen LogP contribution in [0.2, 0.25) is 0 Å². The molecular formula is C24H25N3O2. The zero-order chi connectivity index (χ0) is 20.2. The number of hydrogen-bond acceptors (Lipinski definition) is 4. The molecule has 148 valence electrons. The summed E-state index contributed by atoms with van der Waals surface area (Å²) < 4.78 is 0. The molecule has 0 bridgehead atoms. The van der Waals surface area contributed by atoms with Gasteiger partial charge in [-0.05, 0) is 61.7 Å². The van der Waals surface area contributed by atoms with Gasteiger partial charge in [0.1, 0.15) is 5.82 Å². The second kappa shape index (κ2) is 8.53. The second-order valence-electron chi connectivity index (χ2n) is 7.63. The number of hydrogen-bond donors (Lipinski definition) is 1. The van der Waals surface area contributed by atoms with Crippen molar-refractivity contribution in [2.24, 2.45) is 0 Å². The van der Waals surface area contributed by atoms with Crippen LogP contribution in [0.15, 0.2) is 60.8 Å². The van der Waals surface area contributed by atoms with E-state index in [1.165, 1.54) is 11.3 Å². The third-order valence-electron chi connectivity index (χ3n) is 5.63. The number of carbonyl (C=O) groups is 1. The first kappa shape index (κ1) is 19.3. The van der Waals surface area contributed by atoms with Gasteiger partial charge in [0.05, 0.1) is 5.56 Å². The Kier molecular flexibility index (Phi) is 5.67. The SMILES string of the molecule is Cc1nccc(C2CCN(Cc3ccc(-c4ccccc4C(=O)O)cc3)CC2)n1. The van der Waals surface area contributed by atoms with Gasteiger partial charge in [0, 0.05) is 24.4 Å². The van der Waals surface area contributed by atoms with Gasteiger partial charge in [-0.1, -0.05) is 42.5 Å².